The van der Waals surface area contributed by atoms with Gasteiger partial charge in [-0.25, -0.2) is 0 Å². The summed E-state index contributed by atoms with van der Waals surface area (Å²) in [5, 5.41) is 11.6. The van der Waals surface area contributed by atoms with E-state index in [-0.39, 0.29) is 24.2 Å². The van der Waals surface area contributed by atoms with Gasteiger partial charge in [0, 0.05) is 31.5 Å². The van der Waals surface area contributed by atoms with Crippen LogP contribution in [0.5, 0.6) is 5.75 Å². The van der Waals surface area contributed by atoms with Gasteiger partial charge < -0.3 is 14.2 Å². The second-order valence-corrected chi connectivity index (χ2v) is 9.02. The number of hydrogen-bond acceptors (Lipinski definition) is 8. The Balaban J connectivity index is 1.55. The molecule has 2 rings (SSSR count). The van der Waals surface area contributed by atoms with Crippen molar-refractivity contribution >= 4 is 28.5 Å². The third-order valence-corrected chi connectivity index (χ3v) is 4.90. The highest BCUT2D eigenvalue weighted by molar-refractivity contribution is 5.92. The van der Waals surface area contributed by atoms with Crippen LogP contribution in [-0.4, -0.2) is 40.7 Å². The highest BCUT2D eigenvalue weighted by atomic mass is 16.6. The molecule has 186 valence electrons. The van der Waals surface area contributed by atoms with E-state index in [0.717, 1.165) is 32.1 Å². The number of carbonyl (C=O) groups is 2. The van der Waals surface area contributed by atoms with Crippen molar-refractivity contribution in [1.82, 2.24) is 4.98 Å². The summed E-state index contributed by atoms with van der Waals surface area (Å²) in [6.45, 7) is 6.11. The molecule has 0 amide bonds. The summed E-state index contributed by atoms with van der Waals surface area (Å²) >= 11 is 0. The number of hydrogen-bond donors (Lipinski definition) is 0. The molecule has 2 aromatic rings. The van der Waals surface area contributed by atoms with E-state index in [9.17, 15) is 19.7 Å². The SMILES string of the molecule is CC(C)(C)OC(=O)CCCCCCCC(=O)OCCCOc1ccc([N+](=O)[O-])c2cccnc12. The molecular weight excluding hydrogens is 440 g/mol. The standard InChI is InChI=1S/C25H34N2O7/c1-25(2,3)34-23(29)13-8-6-4-5-7-12-22(28)33-18-10-17-32-21-15-14-20(27(30)31)19-11-9-16-26-24(19)21/h9,11,14-16H,4-8,10,12-13,17-18H2,1-3H3. The minimum Gasteiger partial charge on any atom is -0.491 e. The average molecular weight is 475 g/mol. The molecule has 9 heteroatoms. The minimum atomic E-state index is -0.447. The Morgan fingerprint density at radius 2 is 1.62 bits per heavy atom. The lowest BCUT2D eigenvalue weighted by atomic mass is 10.1. The van der Waals surface area contributed by atoms with Crippen LogP contribution in [0.1, 0.15) is 72.1 Å². The lowest BCUT2D eigenvalue weighted by Crippen LogP contribution is -2.23. The second kappa shape index (κ2) is 13.5. The molecule has 0 unspecified atom stereocenters. The summed E-state index contributed by atoms with van der Waals surface area (Å²) in [6, 6.07) is 6.21. The van der Waals surface area contributed by atoms with E-state index in [2.05, 4.69) is 4.98 Å². The van der Waals surface area contributed by atoms with Gasteiger partial charge in [0.1, 0.15) is 16.9 Å². The number of pyridine rings is 1. The Kier molecular flexibility index (Phi) is 10.7. The number of nitrogens with zero attached hydrogens (tertiary/aromatic N) is 2. The fraction of sp³-hybridized carbons (Fsp3) is 0.560. The van der Waals surface area contributed by atoms with Gasteiger partial charge in [0.15, 0.2) is 0 Å². The van der Waals surface area contributed by atoms with Crippen LogP contribution in [-0.2, 0) is 19.1 Å². The summed E-state index contributed by atoms with van der Waals surface area (Å²) < 4.78 is 16.2. The fourth-order valence-corrected chi connectivity index (χ4v) is 3.37. The first-order valence-corrected chi connectivity index (χ1v) is 11.7. The Morgan fingerprint density at radius 3 is 2.29 bits per heavy atom. The van der Waals surface area contributed by atoms with Crippen LogP contribution in [0.25, 0.3) is 10.9 Å². The van der Waals surface area contributed by atoms with Crippen LogP contribution in [0, 0.1) is 10.1 Å². The Hall–Kier alpha value is -3.23. The summed E-state index contributed by atoms with van der Waals surface area (Å²) in [4.78, 5) is 38.4. The monoisotopic (exact) mass is 474 g/mol. The van der Waals surface area contributed by atoms with Gasteiger partial charge in [-0.2, -0.15) is 0 Å². The number of nitro groups is 1. The first-order chi connectivity index (χ1) is 16.2. The highest BCUT2D eigenvalue weighted by Crippen LogP contribution is 2.31. The lowest BCUT2D eigenvalue weighted by Gasteiger charge is -2.19. The largest absolute Gasteiger partial charge is 0.491 e. The van der Waals surface area contributed by atoms with Crippen molar-refractivity contribution in [3.8, 4) is 5.75 Å². The molecule has 0 aliphatic rings. The molecule has 34 heavy (non-hydrogen) atoms. The molecule has 0 N–H and O–H groups in total. The van der Waals surface area contributed by atoms with Gasteiger partial charge in [-0.3, -0.25) is 24.7 Å². The van der Waals surface area contributed by atoms with Crippen molar-refractivity contribution in [2.45, 2.75) is 77.7 Å². The number of benzene rings is 1. The first kappa shape index (κ1) is 27.0. The van der Waals surface area contributed by atoms with E-state index in [1.807, 2.05) is 20.8 Å². The average Bonchev–Trinajstić information content (AvgIpc) is 2.76. The number of carbonyl (C=O) groups excluding carboxylic acids is 2. The molecule has 0 atom stereocenters. The van der Waals surface area contributed by atoms with Gasteiger partial charge in [-0.05, 0) is 51.8 Å². The number of ether oxygens (including phenoxy) is 3. The zero-order valence-electron chi connectivity index (χ0n) is 20.2. The van der Waals surface area contributed by atoms with E-state index >= 15 is 0 Å². The van der Waals surface area contributed by atoms with Gasteiger partial charge in [-0.15, -0.1) is 0 Å². The molecule has 1 heterocycles. The van der Waals surface area contributed by atoms with Gasteiger partial charge in [0.2, 0.25) is 0 Å². The smallest absolute Gasteiger partial charge is 0.306 e. The molecule has 0 bridgehead atoms. The van der Waals surface area contributed by atoms with E-state index in [1.54, 1.807) is 18.3 Å². The van der Waals surface area contributed by atoms with Crippen LogP contribution in [0.15, 0.2) is 30.5 Å². The van der Waals surface area contributed by atoms with Crippen molar-refractivity contribution in [1.29, 1.82) is 0 Å². The first-order valence-electron chi connectivity index (χ1n) is 11.7. The van der Waals surface area contributed by atoms with Crippen molar-refractivity contribution in [3.05, 3.63) is 40.6 Å². The number of non-ortho nitro benzene ring substituents is 1. The molecule has 0 aliphatic heterocycles. The third-order valence-electron chi connectivity index (χ3n) is 4.90. The van der Waals surface area contributed by atoms with Crippen LogP contribution in [0.4, 0.5) is 5.69 Å². The van der Waals surface area contributed by atoms with Crippen molar-refractivity contribution in [3.63, 3.8) is 0 Å². The Bertz CT molecular complexity index is 969. The predicted molar refractivity (Wildman–Crippen MR) is 128 cm³/mol. The van der Waals surface area contributed by atoms with E-state index in [1.165, 1.54) is 12.1 Å². The maximum atomic E-state index is 11.9. The normalized spacial score (nSPS) is 11.3. The van der Waals surface area contributed by atoms with Crippen molar-refractivity contribution in [2.24, 2.45) is 0 Å². The molecule has 1 aromatic carbocycles. The van der Waals surface area contributed by atoms with E-state index < -0.39 is 10.5 Å². The van der Waals surface area contributed by atoms with E-state index in [4.69, 9.17) is 14.2 Å². The molecule has 0 spiro atoms. The highest BCUT2D eigenvalue weighted by Gasteiger charge is 2.16. The Labute approximate surface area is 199 Å². The molecule has 0 saturated carbocycles. The van der Waals surface area contributed by atoms with Crippen molar-refractivity contribution in [2.75, 3.05) is 13.2 Å². The molecular formula is C25H34N2O7. The zero-order valence-corrected chi connectivity index (χ0v) is 20.2. The van der Waals surface area contributed by atoms with Crippen LogP contribution in [0.2, 0.25) is 0 Å². The summed E-state index contributed by atoms with van der Waals surface area (Å²) in [5.41, 5.74) is -0.0351. The number of rotatable bonds is 14. The number of aromatic nitrogens is 1. The summed E-state index contributed by atoms with van der Waals surface area (Å²) in [6.07, 6.45) is 7.19. The molecule has 1 aromatic heterocycles. The maximum Gasteiger partial charge on any atom is 0.306 e. The van der Waals surface area contributed by atoms with Crippen LogP contribution >= 0.6 is 0 Å². The molecule has 0 fully saturated rings. The third kappa shape index (κ3) is 9.72. The maximum absolute atomic E-state index is 11.9. The number of fused-ring (bicyclic) bond motifs is 1. The predicted octanol–water partition coefficient (Wildman–Crippen LogP) is 5.53. The fourth-order valence-electron chi connectivity index (χ4n) is 3.37. The molecule has 9 nitrogen and oxygen atoms in total. The number of nitro benzene ring substituents is 1. The van der Waals surface area contributed by atoms with Gasteiger partial charge in [0.05, 0.1) is 23.5 Å². The molecule has 0 aliphatic carbocycles. The molecule has 0 radical (unpaired) electrons. The minimum absolute atomic E-state index is 0.0209. The summed E-state index contributed by atoms with van der Waals surface area (Å²) in [5.74, 6) is 0.0495. The topological polar surface area (TPSA) is 118 Å². The van der Waals surface area contributed by atoms with Crippen LogP contribution < -0.4 is 4.74 Å². The Morgan fingerprint density at radius 1 is 0.941 bits per heavy atom. The number of esters is 2. The van der Waals surface area contributed by atoms with Crippen molar-refractivity contribution < 1.29 is 28.7 Å². The van der Waals surface area contributed by atoms with Gasteiger partial charge >= 0.3 is 11.9 Å². The quantitative estimate of drug-likeness (QED) is 0.152. The molecule has 0 saturated heterocycles. The summed E-state index contributed by atoms with van der Waals surface area (Å²) in [7, 11) is 0. The van der Waals surface area contributed by atoms with Gasteiger partial charge in [0.25, 0.3) is 5.69 Å². The zero-order chi connectivity index (χ0) is 25.0. The van der Waals surface area contributed by atoms with E-state index in [0.29, 0.717) is 42.5 Å². The van der Waals surface area contributed by atoms with Gasteiger partial charge in [-0.1, -0.05) is 19.3 Å². The number of unbranched alkanes of at least 4 members (excludes halogenated alkanes) is 4. The van der Waals surface area contributed by atoms with Crippen LogP contribution in [0.3, 0.4) is 0 Å². The second-order valence-electron chi connectivity index (χ2n) is 9.02. The lowest BCUT2D eigenvalue weighted by molar-refractivity contribution is -0.383.